The van der Waals surface area contributed by atoms with E-state index in [1.54, 1.807) is 0 Å². The molecule has 0 spiro atoms. The molecular formula is C18H24N2. The molecule has 2 aromatic rings. The summed E-state index contributed by atoms with van der Waals surface area (Å²) in [6, 6.07) is 10.8. The van der Waals surface area contributed by atoms with Crippen LogP contribution in [0.4, 0.5) is 11.4 Å². The standard InChI is InChI=1S/C18H24N2/c1-12-6-7-16(15(4)8-12)11-20(5)18-10-14(3)13(2)9-17(18)19/h6-10H,11,19H2,1-5H3. The van der Waals surface area contributed by atoms with Crippen molar-refractivity contribution < 1.29 is 0 Å². The van der Waals surface area contributed by atoms with E-state index in [0.717, 1.165) is 17.9 Å². The minimum atomic E-state index is 0.848. The first-order chi connectivity index (χ1) is 9.38. The van der Waals surface area contributed by atoms with Crippen molar-refractivity contribution in [3.63, 3.8) is 0 Å². The summed E-state index contributed by atoms with van der Waals surface area (Å²) < 4.78 is 0. The molecule has 0 aliphatic rings. The molecule has 0 fully saturated rings. The largest absolute Gasteiger partial charge is 0.397 e. The summed E-state index contributed by atoms with van der Waals surface area (Å²) in [6.45, 7) is 9.39. The van der Waals surface area contributed by atoms with Gasteiger partial charge < -0.3 is 10.6 Å². The van der Waals surface area contributed by atoms with Crippen LogP contribution < -0.4 is 10.6 Å². The van der Waals surface area contributed by atoms with Crippen LogP contribution in [0.15, 0.2) is 30.3 Å². The lowest BCUT2D eigenvalue weighted by molar-refractivity contribution is 0.913. The average Bonchev–Trinajstić information content (AvgIpc) is 2.37. The van der Waals surface area contributed by atoms with Crippen molar-refractivity contribution in [2.45, 2.75) is 34.2 Å². The highest BCUT2D eigenvalue weighted by molar-refractivity contribution is 5.69. The van der Waals surface area contributed by atoms with Gasteiger partial charge in [0.1, 0.15) is 0 Å². The lowest BCUT2D eigenvalue weighted by Crippen LogP contribution is -2.18. The summed E-state index contributed by atoms with van der Waals surface area (Å²) >= 11 is 0. The first-order valence-electron chi connectivity index (χ1n) is 7.02. The molecule has 0 saturated heterocycles. The van der Waals surface area contributed by atoms with Crippen LogP contribution >= 0.6 is 0 Å². The maximum Gasteiger partial charge on any atom is 0.0603 e. The Bertz CT molecular complexity index is 630. The zero-order valence-electron chi connectivity index (χ0n) is 13.1. The average molecular weight is 268 g/mol. The zero-order chi connectivity index (χ0) is 14.9. The molecule has 20 heavy (non-hydrogen) atoms. The second-order valence-corrected chi connectivity index (χ2v) is 5.78. The van der Waals surface area contributed by atoms with Crippen molar-refractivity contribution in [1.82, 2.24) is 0 Å². The van der Waals surface area contributed by atoms with Crippen LogP contribution in [0.2, 0.25) is 0 Å². The Kier molecular flexibility index (Phi) is 4.03. The molecule has 0 heterocycles. The Balaban J connectivity index is 2.28. The monoisotopic (exact) mass is 268 g/mol. The number of nitrogens with zero attached hydrogens (tertiary/aromatic N) is 1. The van der Waals surface area contributed by atoms with Gasteiger partial charge in [0.15, 0.2) is 0 Å². The van der Waals surface area contributed by atoms with Crippen molar-refractivity contribution in [3.8, 4) is 0 Å². The van der Waals surface area contributed by atoms with E-state index in [1.807, 2.05) is 0 Å². The molecule has 0 unspecified atom stereocenters. The van der Waals surface area contributed by atoms with E-state index in [9.17, 15) is 0 Å². The van der Waals surface area contributed by atoms with E-state index in [4.69, 9.17) is 5.73 Å². The molecule has 0 radical (unpaired) electrons. The number of nitrogens with two attached hydrogens (primary N) is 1. The third-order valence-electron chi connectivity index (χ3n) is 3.96. The van der Waals surface area contributed by atoms with Crippen LogP contribution in [0, 0.1) is 27.7 Å². The quantitative estimate of drug-likeness (QED) is 0.848. The van der Waals surface area contributed by atoms with Gasteiger partial charge in [0.05, 0.1) is 11.4 Å². The van der Waals surface area contributed by atoms with Gasteiger partial charge in [-0.05, 0) is 62.1 Å². The molecular weight excluding hydrogens is 244 g/mol. The van der Waals surface area contributed by atoms with Gasteiger partial charge in [0.2, 0.25) is 0 Å². The van der Waals surface area contributed by atoms with Crippen LogP contribution in [0.5, 0.6) is 0 Å². The first-order valence-corrected chi connectivity index (χ1v) is 7.02. The van der Waals surface area contributed by atoms with Crippen molar-refractivity contribution in [1.29, 1.82) is 0 Å². The van der Waals surface area contributed by atoms with Crippen molar-refractivity contribution >= 4 is 11.4 Å². The molecule has 0 aliphatic heterocycles. The number of benzene rings is 2. The van der Waals surface area contributed by atoms with Gasteiger partial charge in [-0.3, -0.25) is 0 Å². The highest BCUT2D eigenvalue weighted by Gasteiger charge is 2.09. The van der Waals surface area contributed by atoms with Gasteiger partial charge in [-0.1, -0.05) is 23.8 Å². The fraction of sp³-hybridized carbons (Fsp3) is 0.333. The molecule has 0 aliphatic carbocycles. The van der Waals surface area contributed by atoms with E-state index in [1.165, 1.54) is 27.8 Å². The number of anilines is 2. The third kappa shape index (κ3) is 2.96. The summed E-state index contributed by atoms with van der Waals surface area (Å²) in [4.78, 5) is 2.22. The highest BCUT2D eigenvalue weighted by atomic mass is 15.1. The maximum atomic E-state index is 6.17. The molecule has 0 amide bonds. The number of rotatable bonds is 3. The summed E-state index contributed by atoms with van der Waals surface area (Å²) in [6.07, 6.45) is 0. The van der Waals surface area contributed by atoms with Gasteiger partial charge in [-0.2, -0.15) is 0 Å². The van der Waals surface area contributed by atoms with Crippen LogP contribution in [0.1, 0.15) is 27.8 Å². The predicted octanol–water partition coefficient (Wildman–Crippen LogP) is 4.14. The minimum absolute atomic E-state index is 0.848. The topological polar surface area (TPSA) is 29.3 Å². The van der Waals surface area contributed by atoms with Crippen LogP contribution in [0.3, 0.4) is 0 Å². The maximum absolute atomic E-state index is 6.17. The Labute approximate surface area is 122 Å². The molecule has 106 valence electrons. The van der Waals surface area contributed by atoms with Crippen molar-refractivity contribution in [3.05, 3.63) is 58.1 Å². The Morgan fingerprint density at radius 2 is 1.55 bits per heavy atom. The van der Waals surface area contributed by atoms with Gasteiger partial charge in [-0.25, -0.2) is 0 Å². The zero-order valence-corrected chi connectivity index (χ0v) is 13.1. The Hall–Kier alpha value is -1.96. The summed E-state index contributed by atoms with van der Waals surface area (Å²) in [7, 11) is 2.10. The van der Waals surface area contributed by atoms with Crippen molar-refractivity contribution in [2.75, 3.05) is 17.7 Å². The summed E-state index contributed by atoms with van der Waals surface area (Å²) in [5, 5.41) is 0. The Morgan fingerprint density at radius 3 is 2.20 bits per heavy atom. The smallest absolute Gasteiger partial charge is 0.0603 e. The second-order valence-electron chi connectivity index (χ2n) is 5.78. The molecule has 0 aromatic heterocycles. The normalized spacial score (nSPS) is 10.7. The van der Waals surface area contributed by atoms with Crippen molar-refractivity contribution in [2.24, 2.45) is 0 Å². The van der Waals surface area contributed by atoms with Gasteiger partial charge >= 0.3 is 0 Å². The second kappa shape index (κ2) is 5.58. The third-order valence-corrected chi connectivity index (χ3v) is 3.96. The predicted molar refractivity (Wildman–Crippen MR) is 88.4 cm³/mol. The molecule has 2 heteroatoms. The molecule has 0 bridgehead atoms. The van der Waals surface area contributed by atoms with E-state index >= 15 is 0 Å². The van der Waals surface area contributed by atoms with Crippen LogP contribution in [-0.2, 0) is 6.54 Å². The number of aryl methyl sites for hydroxylation is 4. The lowest BCUT2D eigenvalue weighted by Gasteiger charge is -2.23. The lowest BCUT2D eigenvalue weighted by atomic mass is 10.0. The minimum Gasteiger partial charge on any atom is -0.397 e. The fourth-order valence-corrected chi connectivity index (χ4v) is 2.52. The molecule has 0 atom stereocenters. The Morgan fingerprint density at radius 1 is 0.900 bits per heavy atom. The van der Waals surface area contributed by atoms with Gasteiger partial charge in [-0.15, -0.1) is 0 Å². The SMILES string of the molecule is Cc1ccc(CN(C)c2cc(C)c(C)cc2N)c(C)c1. The summed E-state index contributed by atoms with van der Waals surface area (Å²) in [5.41, 5.74) is 14.6. The van der Waals surface area contributed by atoms with E-state index < -0.39 is 0 Å². The highest BCUT2D eigenvalue weighted by Crippen LogP contribution is 2.27. The first kappa shape index (κ1) is 14.4. The van der Waals surface area contributed by atoms with Gasteiger partial charge in [0.25, 0.3) is 0 Å². The number of hydrogen-bond acceptors (Lipinski definition) is 2. The molecule has 2 nitrogen and oxygen atoms in total. The van der Waals surface area contributed by atoms with Crippen LogP contribution in [0.25, 0.3) is 0 Å². The van der Waals surface area contributed by atoms with E-state index in [2.05, 4.69) is 70.0 Å². The number of hydrogen-bond donors (Lipinski definition) is 1. The molecule has 2 rings (SSSR count). The summed E-state index contributed by atoms with van der Waals surface area (Å²) in [5.74, 6) is 0. The molecule has 2 aromatic carbocycles. The van der Waals surface area contributed by atoms with Gasteiger partial charge in [0, 0.05) is 13.6 Å². The van der Waals surface area contributed by atoms with E-state index in [0.29, 0.717) is 0 Å². The molecule has 0 saturated carbocycles. The molecule has 2 N–H and O–H groups in total. The van der Waals surface area contributed by atoms with E-state index in [-0.39, 0.29) is 0 Å². The fourth-order valence-electron chi connectivity index (χ4n) is 2.52. The van der Waals surface area contributed by atoms with Crippen LogP contribution in [-0.4, -0.2) is 7.05 Å². The number of nitrogen functional groups attached to an aromatic ring is 1.